The van der Waals surface area contributed by atoms with Crippen LogP contribution < -0.4 is 11.1 Å². The molecule has 0 aliphatic heterocycles. The summed E-state index contributed by atoms with van der Waals surface area (Å²) in [7, 11) is 0. The van der Waals surface area contributed by atoms with E-state index in [9.17, 15) is 20.0 Å². The highest BCUT2D eigenvalue weighted by atomic mass is 16.6. The van der Waals surface area contributed by atoms with Crippen LogP contribution in [-0.2, 0) is 4.79 Å². The molecule has 21 heavy (non-hydrogen) atoms. The van der Waals surface area contributed by atoms with E-state index in [-0.39, 0.29) is 34.9 Å². The lowest BCUT2D eigenvalue weighted by Crippen LogP contribution is -2.20. The molecule has 7 heteroatoms. The predicted molar refractivity (Wildman–Crippen MR) is 80.1 cm³/mol. The molecule has 0 bridgehead atoms. The summed E-state index contributed by atoms with van der Waals surface area (Å²) in [5.74, 6) is -0.516. The molecular weight excluding hydrogens is 274 g/mol. The second kappa shape index (κ2) is 7.03. The number of carbonyl (C=O) groups excluding carboxylic acids is 1. The van der Waals surface area contributed by atoms with Gasteiger partial charge in [0.05, 0.1) is 11.0 Å². The van der Waals surface area contributed by atoms with Crippen molar-refractivity contribution < 1.29 is 14.8 Å². The molecule has 0 radical (unpaired) electrons. The predicted octanol–water partition coefficient (Wildman–Crippen LogP) is 2.39. The van der Waals surface area contributed by atoms with Gasteiger partial charge in [0, 0.05) is 6.42 Å². The normalized spacial score (nSPS) is 11.2. The van der Waals surface area contributed by atoms with Crippen molar-refractivity contribution in [2.75, 3.05) is 11.9 Å². The van der Waals surface area contributed by atoms with Crippen LogP contribution >= 0.6 is 0 Å². The highest BCUT2D eigenvalue weighted by molar-refractivity contribution is 5.93. The number of anilines is 1. The van der Waals surface area contributed by atoms with Crippen molar-refractivity contribution in [1.82, 2.24) is 0 Å². The quantitative estimate of drug-likeness (QED) is 0.405. The molecule has 0 saturated carbocycles. The van der Waals surface area contributed by atoms with Crippen LogP contribution in [-0.4, -0.2) is 22.5 Å². The summed E-state index contributed by atoms with van der Waals surface area (Å²) in [4.78, 5) is 22.1. The number of nitro groups is 1. The monoisotopic (exact) mass is 295 g/mol. The summed E-state index contributed by atoms with van der Waals surface area (Å²) in [5.41, 5.74) is 5.22. The summed E-state index contributed by atoms with van der Waals surface area (Å²) >= 11 is 0. The zero-order valence-corrected chi connectivity index (χ0v) is 12.3. The molecule has 0 aliphatic carbocycles. The number of hydrogen-bond donors (Lipinski definition) is 3. The maximum Gasteiger partial charge on any atom is 0.296 e. The maximum atomic E-state index is 11.9. The minimum atomic E-state index is -0.645. The number of hydrogen-bond acceptors (Lipinski definition) is 5. The zero-order chi connectivity index (χ0) is 16.0. The lowest BCUT2D eigenvalue weighted by molar-refractivity contribution is -0.384. The molecule has 1 aromatic rings. The number of nitro benzene ring substituents is 1. The van der Waals surface area contributed by atoms with E-state index in [4.69, 9.17) is 5.73 Å². The van der Waals surface area contributed by atoms with Gasteiger partial charge in [0.1, 0.15) is 11.4 Å². The van der Waals surface area contributed by atoms with Crippen molar-refractivity contribution in [3.05, 3.63) is 28.3 Å². The van der Waals surface area contributed by atoms with Crippen molar-refractivity contribution in [2.24, 2.45) is 11.1 Å². The number of amides is 1. The number of carbonyl (C=O) groups is 1. The first kappa shape index (κ1) is 16.9. The van der Waals surface area contributed by atoms with E-state index in [0.717, 1.165) is 12.5 Å². The molecule has 4 N–H and O–H groups in total. The average Bonchev–Trinajstić information content (AvgIpc) is 2.38. The third kappa shape index (κ3) is 5.39. The Morgan fingerprint density at radius 1 is 1.43 bits per heavy atom. The minimum absolute atomic E-state index is 0.0486. The molecule has 7 nitrogen and oxygen atoms in total. The Balaban J connectivity index is 2.69. The van der Waals surface area contributed by atoms with Crippen LogP contribution in [0.1, 0.15) is 33.1 Å². The highest BCUT2D eigenvalue weighted by Crippen LogP contribution is 2.30. The number of aromatic hydroxyl groups is 1. The Morgan fingerprint density at radius 2 is 2.10 bits per heavy atom. The van der Waals surface area contributed by atoms with Gasteiger partial charge >= 0.3 is 0 Å². The van der Waals surface area contributed by atoms with Crippen molar-refractivity contribution in [3.8, 4) is 5.75 Å². The first-order valence-corrected chi connectivity index (χ1v) is 6.72. The van der Waals surface area contributed by atoms with Crippen LogP contribution in [0.5, 0.6) is 5.75 Å². The molecule has 0 fully saturated rings. The summed E-state index contributed by atoms with van der Waals surface area (Å²) in [6.45, 7) is 4.60. The van der Waals surface area contributed by atoms with E-state index in [1.54, 1.807) is 0 Å². The van der Waals surface area contributed by atoms with Gasteiger partial charge in [-0.3, -0.25) is 14.9 Å². The third-order valence-electron chi connectivity index (χ3n) is 3.30. The van der Waals surface area contributed by atoms with Crippen LogP contribution in [0.4, 0.5) is 11.4 Å². The van der Waals surface area contributed by atoms with Gasteiger partial charge in [-0.05, 0) is 36.9 Å². The van der Waals surface area contributed by atoms with Gasteiger partial charge in [-0.2, -0.15) is 0 Å². The zero-order valence-electron chi connectivity index (χ0n) is 12.3. The van der Waals surface area contributed by atoms with Crippen molar-refractivity contribution in [3.63, 3.8) is 0 Å². The fourth-order valence-electron chi connectivity index (χ4n) is 1.96. The van der Waals surface area contributed by atoms with Crippen LogP contribution in [0.25, 0.3) is 0 Å². The molecule has 1 amide bonds. The fraction of sp³-hybridized carbons (Fsp3) is 0.500. The average molecular weight is 295 g/mol. The molecule has 0 spiro atoms. The molecular formula is C14H21N3O4. The van der Waals surface area contributed by atoms with E-state index in [1.807, 2.05) is 13.8 Å². The van der Waals surface area contributed by atoms with Gasteiger partial charge in [-0.1, -0.05) is 13.8 Å². The Labute approximate surface area is 123 Å². The van der Waals surface area contributed by atoms with E-state index >= 15 is 0 Å². The molecule has 0 unspecified atom stereocenters. The highest BCUT2D eigenvalue weighted by Gasteiger charge is 2.20. The summed E-state index contributed by atoms with van der Waals surface area (Å²) in [5, 5.41) is 22.7. The van der Waals surface area contributed by atoms with Gasteiger partial charge in [-0.25, -0.2) is 0 Å². The molecule has 0 aromatic heterocycles. The number of phenols is 1. The van der Waals surface area contributed by atoms with Gasteiger partial charge in [-0.15, -0.1) is 0 Å². The molecule has 1 aromatic carbocycles. The van der Waals surface area contributed by atoms with Crippen molar-refractivity contribution in [1.29, 1.82) is 0 Å². The first-order valence-electron chi connectivity index (χ1n) is 6.72. The van der Waals surface area contributed by atoms with Gasteiger partial charge < -0.3 is 16.2 Å². The Morgan fingerprint density at radius 3 is 2.67 bits per heavy atom. The third-order valence-corrected chi connectivity index (χ3v) is 3.30. The molecule has 116 valence electrons. The van der Waals surface area contributed by atoms with E-state index < -0.39 is 4.92 Å². The van der Waals surface area contributed by atoms with Gasteiger partial charge in [0.25, 0.3) is 5.69 Å². The SMILES string of the molecule is CC(C)(CCN)CCC(=O)Nc1ccc(O)cc1[N+](=O)[O-]. The second-order valence-corrected chi connectivity index (χ2v) is 5.71. The summed E-state index contributed by atoms with van der Waals surface area (Å²) in [6.07, 6.45) is 1.70. The van der Waals surface area contributed by atoms with Crippen LogP contribution in [0, 0.1) is 15.5 Å². The standard InChI is InChI=1S/C14H21N3O4/c1-14(2,7-8-15)6-5-13(19)16-11-4-3-10(18)9-12(11)17(20)21/h3-4,9,18H,5-8,15H2,1-2H3,(H,16,19). The Hall–Kier alpha value is -2.15. The summed E-state index contributed by atoms with van der Waals surface area (Å²) in [6, 6.07) is 3.62. The maximum absolute atomic E-state index is 11.9. The molecule has 0 atom stereocenters. The van der Waals surface area contributed by atoms with Crippen molar-refractivity contribution in [2.45, 2.75) is 33.1 Å². The number of nitrogens with two attached hydrogens (primary N) is 1. The first-order chi connectivity index (χ1) is 9.75. The van der Waals surface area contributed by atoms with E-state index in [1.165, 1.54) is 12.1 Å². The lowest BCUT2D eigenvalue weighted by Gasteiger charge is -2.23. The molecule has 0 aliphatic rings. The van der Waals surface area contributed by atoms with E-state index in [2.05, 4.69) is 5.32 Å². The number of phenolic OH excluding ortho intramolecular Hbond substituents is 1. The molecule has 1 rings (SSSR count). The molecule has 0 saturated heterocycles. The topological polar surface area (TPSA) is 118 Å². The van der Waals surface area contributed by atoms with Crippen molar-refractivity contribution >= 4 is 17.3 Å². The van der Waals surface area contributed by atoms with E-state index in [0.29, 0.717) is 13.0 Å². The number of rotatable bonds is 7. The second-order valence-electron chi connectivity index (χ2n) is 5.71. The van der Waals surface area contributed by atoms with Crippen LogP contribution in [0.15, 0.2) is 18.2 Å². The number of nitrogens with one attached hydrogen (secondary N) is 1. The largest absolute Gasteiger partial charge is 0.508 e. The lowest BCUT2D eigenvalue weighted by atomic mass is 9.84. The number of benzene rings is 1. The van der Waals surface area contributed by atoms with Crippen LogP contribution in [0.2, 0.25) is 0 Å². The summed E-state index contributed by atoms with van der Waals surface area (Å²) < 4.78 is 0. The smallest absolute Gasteiger partial charge is 0.296 e. The number of nitrogens with zero attached hydrogens (tertiary/aromatic N) is 1. The fourth-order valence-corrected chi connectivity index (χ4v) is 1.96. The minimum Gasteiger partial charge on any atom is -0.508 e. The Bertz CT molecular complexity index is 529. The van der Waals surface area contributed by atoms with Gasteiger partial charge in [0.15, 0.2) is 0 Å². The van der Waals surface area contributed by atoms with Crippen LogP contribution in [0.3, 0.4) is 0 Å². The van der Waals surface area contributed by atoms with Gasteiger partial charge in [0.2, 0.25) is 5.91 Å². The molecule has 0 heterocycles. The Kier molecular flexibility index (Phi) is 5.66.